The van der Waals surface area contributed by atoms with Crippen LogP contribution in [-0.4, -0.2) is 7.11 Å². The van der Waals surface area contributed by atoms with Gasteiger partial charge in [0.15, 0.2) is 0 Å². The number of benzene rings is 2. The lowest BCUT2D eigenvalue weighted by atomic mass is 10.2. The molecule has 0 unspecified atom stereocenters. The van der Waals surface area contributed by atoms with Gasteiger partial charge < -0.3 is 15.2 Å². The van der Waals surface area contributed by atoms with Crippen LogP contribution < -0.4 is 15.2 Å². The van der Waals surface area contributed by atoms with Crippen LogP contribution in [0.3, 0.4) is 0 Å². The van der Waals surface area contributed by atoms with Gasteiger partial charge in [-0.3, -0.25) is 0 Å². The van der Waals surface area contributed by atoms with Gasteiger partial charge in [-0.1, -0.05) is 6.07 Å². The number of ether oxygens (including phenoxy) is 2. The molecule has 0 aliphatic rings. The van der Waals surface area contributed by atoms with E-state index in [1.807, 2.05) is 18.2 Å². The Hall–Kier alpha value is -2.67. The molecule has 0 saturated heterocycles. The lowest BCUT2D eigenvalue weighted by Crippen LogP contribution is -1.92. The Morgan fingerprint density at radius 1 is 1.11 bits per heavy atom. The van der Waals surface area contributed by atoms with Gasteiger partial charge in [0.1, 0.15) is 23.3 Å². The van der Waals surface area contributed by atoms with Gasteiger partial charge in [0.05, 0.1) is 12.7 Å². The van der Waals surface area contributed by atoms with Crippen LogP contribution in [0.2, 0.25) is 0 Å². The van der Waals surface area contributed by atoms with Crippen molar-refractivity contribution in [2.75, 3.05) is 12.8 Å². The second-order valence-electron chi connectivity index (χ2n) is 3.65. The molecule has 2 rings (SSSR count). The molecule has 2 aromatic rings. The summed E-state index contributed by atoms with van der Waals surface area (Å²) in [5, 5.41) is 9.01. The molecular formula is C14H12N2O2. The van der Waals surface area contributed by atoms with Gasteiger partial charge in [-0.15, -0.1) is 0 Å². The fourth-order valence-electron chi connectivity index (χ4n) is 1.52. The highest BCUT2D eigenvalue weighted by Gasteiger charge is 2.05. The number of nitrogen functional groups attached to an aromatic ring is 1. The van der Waals surface area contributed by atoms with E-state index in [9.17, 15) is 0 Å². The number of anilines is 1. The van der Waals surface area contributed by atoms with E-state index in [4.69, 9.17) is 20.5 Å². The summed E-state index contributed by atoms with van der Waals surface area (Å²) in [4.78, 5) is 0. The van der Waals surface area contributed by atoms with Gasteiger partial charge in [-0.05, 0) is 30.3 Å². The Morgan fingerprint density at radius 2 is 1.89 bits per heavy atom. The summed E-state index contributed by atoms with van der Waals surface area (Å²) in [6.07, 6.45) is 0. The minimum atomic E-state index is 0.401. The molecule has 0 saturated carbocycles. The second-order valence-corrected chi connectivity index (χ2v) is 3.65. The molecular weight excluding hydrogens is 228 g/mol. The van der Waals surface area contributed by atoms with Crippen molar-refractivity contribution in [3.63, 3.8) is 0 Å². The predicted octanol–water partition coefficient (Wildman–Crippen LogP) is 2.94. The van der Waals surface area contributed by atoms with Gasteiger partial charge in [0.2, 0.25) is 0 Å². The normalized spacial score (nSPS) is 9.56. The van der Waals surface area contributed by atoms with Gasteiger partial charge in [0.25, 0.3) is 0 Å². The molecule has 0 bridgehead atoms. The average molecular weight is 240 g/mol. The summed E-state index contributed by atoms with van der Waals surface area (Å²) in [5.74, 6) is 1.78. The zero-order valence-electron chi connectivity index (χ0n) is 9.88. The summed E-state index contributed by atoms with van der Waals surface area (Å²) in [5.41, 5.74) is 6.55. The van der Waals surface area contributed by atoms with Crippen molar-refractivity contribution in [3.8, 4) is 23.3 Å². The van der Waals surface area contributed by atoms with E-state index in [-0.39, 0.29) is 0 Å². The first kappa shape index (κ1) is 11.8. The molecule has 4 nitrogen and oxygen atoms in total. The summed E-state index contributed by atoms with van der Waals surface area (Å²) in [6.45, 7) is 0. The summed E-state index contributed by atoms with van der Waals surface area (Å²) in [7, 11) is 1.59. The lowest BCUT2D eigenvalue weighted by molar-refractivity contribution is 0.409. The van der Waals surface area contributed by atoms with E-state index < -0.39 is 0 Å². The Balaban J connectivity index is 2.31. The highest BCUT2D eigenvalue weighted by molar-refractivity contribution is 5.54. The number of rotatable bonds is 3. The zero-order valence-corrected chi connectivity index (χ0v) is 9.88. The van der Waals surface area contributed by atoms with Crippen molar-refractivity contribution < 1.29 is 9.47 Å². The number of methoxy groups -OCH3 is 1. The Bertz CT molecular complexity index is 603. The number of nitriles is 1. The van der Waals surface area contributed by atoms with Crippen LogP contribution in [0.25, 0.3) is 0 Å². The quantitative estimate of drug-likeness (QED) is 0.837. The smallest absolute Gasteiger partial charge is 0.145 e. The van der Waals surface area contributed by atoms with Crippen LogP contribution in [0.4, 0.5) is 5.69 Å². The van der Waals surface area contributed by atoms with Crippen LogP contribution in [0.15, 0.2) is 42.5 Å². The average Bonchev–Trinajstić information content (AvgIpc) is 2.41. The molecule has 2 N–H and O–H groups in total. The molecule has 0 aromatic heterocycles. The van der Waals surface area contributed by atoms with Crippen molar-refractivity contribution in [3.05, 3.63) is 48.0 Å². The van der Waals surface area contributed by atoms with Crippen molar-refractivity contribution in [1.82, 2.24) is 0 Å². The molecule has 0 heterocycles. The number of nitrogens with zero attached hydrogens (tertiary/aromatic N) is 1. The molecule has 90 valence electrons. The molecule has 18 heavy (non-hydrogen) atoms. The molecule has 0 aliphatic carbocycles. The predicted molar refractivity (Wildman–Crippen MR) is 68.6 cm³/mol. The summed E-state index contributed by atoms with van der Waals surface area (Å²) < 4.78 is 10.7. The van der Waals surface area contributed by atoms with Crippen LogP contribution in [0.1, 0.15) is 5.56 Å². The maximum absolute atomic E-state index is 9.01. The van der Waals surface area contributed by atoms with Crippen LogP contribution in [0.5, 0.6) is 17.2 Å². The highest BCUT2D eigenvalue weighted by Crippen LogP contribution is 2.28. The molecule has 0 spiro atoms. The third kappa shape index (κ3) is 2.53. The molecule has 4 heteroatoms. The van der Waals surface area contributed by atoms with Crippen molar-refractivity contribution >= 4 is 5.69 Å². The van der Waals surface area contributed by atoms with Crippen molar-refractivity contribution in [1.29, 1.82) is 5.26 Å². The number of nitrogens with two attached hydrogens (primary N) is 1. The van der Waals surface area contributed by atoms with Gasteiger partial charge in [-0.2, -0.15) is 5.26 Å². The number of hydrogen-bond acceptors (Lipinski definition) is 4. The molecule has 0 fully saturated rings. The van der Waals surface area contributed by atoms with E-state index in [0.717, 1.165) is 0 Å². The summed E-state index contributed by atoms with van der Waals surface area (Å²) >= 11 is 0. The fraction of sp³-hybridized carbons (Fsp3) is 0.0714. The SMILES string of the molecule is COc1cccc(Oc2ccc(N)cc2C#N)c1. The third-order valence-corrected chi connectivity index (χ3v) is 2.39. The van der Waals surface area contributed by atoms with Crippen LogP contribution >= 0.6 is 0 Å². The molecule has 0 amide bonds. The van der Waals surface area contributed by atoms with E-state index in [1.165, 1.54) is 0 Å². The largest absolute Gasteiger partial charge is 0.497 e. The van der Waals surface area contributed by atoms with Crippen LogP contribution in [-0.2, 0) is 0 Å². The fourth-order valence-corrected chi connectivity index (χ4v) is 1.52. The molecule has 0 atom stereocenters. The first-order valence-corrected chi connectivity index (χ1v) is 5.34. The van der Waals surface area contributed by atoms with Crippen molar-refractivity contribution in [2.24, 2.45) is 0 Å². The first-order valence-electron chi connectivity index (χ1n) is 5.34. The second kappa shape index (κ2) is 5.11. The molecule has 0 radical (unpaired) electrons. The third-order valence-electron chi connectivity index (χ3n) is 2.39. The Morgan fingerprint density at radius 3 is 2.61 bits per heavy atom. The molecule has 2 aromatic carbocycles. The van der Waals surface area contributed by atoms with E-state index in [2.05, 4.69) is 0 Å². The Kier molecular flexibility index (Phi) is 3.35. The van der Waals surface area contributed by atoms with E-state index in [0.29, 0.717) is 28.5 Å². The van der Waals surface area contributed by atoms with Gasteiger partial charge >= 0.3 is 0 Å². The van der Waals surface area contributed by atoms with Gasteiger partial charge in [0, 0.05) is 11.8 Å². The van der Waals surface area contributed by atoms with Crippen molar-refractivity contribution in [2.45, 2.75) is 0 Å². The maximum Gasteiger partial charge on any atom is 0.145 e. The first-order chi connectivity index (χ1) is 8.72. The minimum Gasteiger partial charge on any atom is -0.497 e. The molecule has 0 aliphatic heterocycles. The van der Waals surface area contributed by atoms with E-state index in [1.54, 1.807) is 37.4 Å². The summed E-state index contributed by atoms with van der Waals surface area (Å²) in [6, 6.07) is 14.2. The standard InChI is InChI=1S/C14H12N2O2/c1-17-12-3-2-4-13(8-12)18-14-6-5-11(16)7-10(14)9-15/h2-8H,16H2,1H3. The van der Waals surface area contributed by atoms with Gasteiger partial charge in [-0.25, -0.2) is 0 Å². The maximum atomic E-state index is 9.01. The van der Waals surface area contributed by atoms with E-state index >= 15 is 0 Å². The zero-order chi connectivity index (χ0) is 13.0. The van der Waals surface area contributed by atoms with Crippen LogP contribution in [0, 0.1) is 11.3 Å². The lowest BCUT2D eigenvalue weighted by Gasteiger charge is -2.09. The topological polar surface area (TPSA) is 68.3 Å². The monoisotopic (exact) mass is 240 g/mol. The Labute approximate surface area is 105 Å². The number of hydrogen-bond donors (Lipinski definition) is 1. The minimum absolute atomic E-state index is 0.401. The highest BCUT2D eigenvalue weighted by atomic mass is 16.5.